The van der Waals surface area contributed by atoms with Crippen LogP contribution < -0.4 is 10.1 Å². The van der Waals surface area contributed by atoms with E-state index in [-0.39, 0.29) is 30.9 Å². The third-order valence-electron chi connectivity index (χ3n) is 4.76. The van der Waals surface area contributed by atoms with E-state index in [4.69, 9.17) is 4.74 Å². The maximum atomic E-state index is 10.6. The van der Waals surface area contributed by atoms with Crippen LogP contribution in [0.3, 0.4) is 0 Å². The molecule has 0 radical (unpaired) electrons. The van der Waals surface area contributed by atoms with E-state index in [1.165, 1.54) is 0 Å². The number of nitrogens with zero attached hydrogens (tertiary/aromatic N) is 1. The average Bonchev–Trinajstić information content (AvgIpc) is 2.66. The van der Waals surface area contributed by atoms with Gasteiger partial charge < -0.3 is 15.2 Å². The second kappa shape index (κ2) is 12.1. The summed E-state index contributed by atoms with van der Waals surface area (Å²) in [6, 6.07) is 16.1. The molecule has 0 aliphatic carbocycles. The molecule has 2 N–H and O–H groups in total. The van der Waals surface area contributed by atoms with Gasteiger partial charge in [-0.25, -0.2) is 0 Å². The molecule has 0 amide bonds. The van der Waals surface area contributed by atoms with E-state index < -0.39 is 0 Å². The van der Waals surface area contributed by atoms with E-state index in [1.807, 2.05) is 42.5 Å². The summed E-state index contributed by atoms with van der Waals surface area (Å²) < 4.78 is 5.83. The minimum atomic E-state index is 0. The maximum absolute atomic E-state index is 10.6. The smallest absolute Gasteiger partial charge is 0.124 e. The van der Waals surface area contributed by atoms with Crippen LogP contribution in [0.4, 0.5) is 0 Å². The molecule has 150 valence electrons. The molecule has 2 aromatic carbocycles. The third-order valence-corrected chi connectivity index (χ3v) is 4.76. The highest BCUT2D eigenvalue weighted by Crippen LogP contribution is 2.35. The lowest BCUT2D eigenvalue weighted by Crippen LogP contribution is -2.45. The Morgan fingerprint density at radius 2 is 1.78 bits per heavy atom. The fourth-order valence-electron chi connectivity index (χ4n) is 3.44. The van der Waals surface area contributed by atoms with Crippen molar-refractivity contribution in [2.24, 2.45) is 0 Å². The molecule has 27 heavy (non-hydrogen) atoms. The molecular formula is C21H30Cl2N2O2. The minimum Gasteiger partial charge on any atom is -0.507 e. The number of rotatable bonds is 7. The molecule has 0 bridgehead atoms. The Hall–Kier alpha value is -1.46. The molecular weight excluding hydrogens is 383 g/mol. The summed E-state index contributed by atoms with van der Waals surface area (Å²) >= 11 is 0. The molecule has 1 fully saturated rings. The molecule has 6 heteroatoms. The fraction of sp³-hybridized carbons (Fsp3) is 0.429. The third kappa shape index (κ3) is 6.58. The molecule has 0 aromatic heterocycles. The number of hydrogen-bond donors (Lipinski definition) is 2. The number of halogens is 2. The molecule has 4 nitrogen and oxygen atoms in total. The van der Waals surface area contributed by atoms with Crippen molar-refractivity contribution >= 4 is 24.8 Å². The van der Waals surface area contributed by atoms with Crippen molar-refractivity contribution in [3.63, 3.8) is 0 Å². The minimum absolute atomic E-state index is 0. The van der Waals surface area contributed by atoms with Crippen LogP contribution in [-0.4, -0.2) is 36.2 Å². The van der Waals surface area contributed by atoms with E-state index >= 15 is 0 Å². The van der Waals surface area contributed by atoms with Crippen LogP contribution in [-0.2, 0) is 6.61 Å². The Bertz CT molecular complexity index is 664. The van der Waals surface area contributed by atoms with Crippen molar-refractivity contribution in [1.29, 1.82) is 0 Å². The van der Waals surface area contributed by atoms with Crippen LogP contribution in [0.1, 0.15) is 36.9 Å². The van der Waals surface area contributed by atoms with Gasteiger partial charge in [-0.2, -0.15) is 0 Å². The summed E-state index contributed by atoms with van der Waals surface area (Å²) in [4.78, 5) is 2.47. The number of ether oxygens (including phenoxy) is 1. The summed E-state index contributed by atoms with van der Waals surface area (Å²) in [6.07, 6.45) is 2.15. The SMILES string of the molecule is CCC[C@@H](c1ccc(OCc2ccccc2)cc1O)N1CCNCC1.Cl.Cl. The summed E-state index contributed by atoms with van der Waals surface area (Å²) in [5.74, 6) is 1.04. The molecule has 3 rings (SSSR count). The predicted molar refractivity (Wildman–Crippen MR) is 115 cm³/mol. The lowest BCUT2D eigenvalue weighted by atomic mass is 9.98. The van der Waals surface area contributed by atoms with E-state index in [2.05, 4.69) is 17.1 Å². The van der Waals surface area contributed by atoms with Crippen molar-refractivity contribution in [2.75, 3.05) is 26.2 Å². The van der Waals surface area contributed by atoms with Crippen LogP contribution in [0.2, 0.25) is 0 Å². The van der Waals surface area contributed by atoms with Gasteiger partial charge in [0.25, 0.3) is 0 Å². The molecule has 1 aliphatic rings. The van der Waals surface area contributed by atoms with Crippen molar-refractivity contribution in [3.05, 3.63) is 59.7 Å². The second-order valence-corrected chi connectivity index (χ2v) is 6.59. The van der Waals surface area contributed by atoms with Crippen LogP contribution in [0.15, 0.2) is 48.5 Å². The zero-order valence-corrected chi connectivity index (χ0v) is 17.4. The first kappa shape index (κ1) is 23.6. The van der Waals surface area contributed by atoms with Gasteiger partial charge in [-0.15, -0.1) is 24.8 Å². The number of hydrogen-bond acceptors (Lipinski definition) is 4. The Balaban J connectivity index is 0.00000182. The van der Waals surface area contributed by atoms with Gasteiger partial charge in [0, 0.05) is 43.9 Å². The van der Waals surface area contributed by atoms with Crippen molar-refractivity contribution in [2.45, 2.75) is 32.4 Å². The number of piperazine rings is 1. The highest BCUT2D eigenvalue weighted by atomic mass is 35.5. The van der Waals surface area contributed by atoms with Crippen LogP contribution in [0.5, 0.6) is 11.5 Å². The molecule has 1 saturated heterocycles. The fourth-order valence-corrected chi connectivity index (χ4v) is 3.44. The van der Waals surface area contributed by atoms with Crippen LogP contribution in [0.25, 0.3) is 0 Å². The van der Waals surface area contributed by atoms with Crippen molar-refractivity contribution in [3.8, 4) is 11.5 Å². The summed E-state index contributed by atoms with van der Waals surface area (Å²) in [6.45, 7) is 6.78. The van der Waals surface area contributed by atoms with E-state index in [0.717, 1.165) is 50.1 Å². The Morgan fingerprint density at radius 3 is 2.41 bits per heavy atom. The largest absolute Gasteiger partial charge is 0.507 e. The Morgan fingerprint density at radius 1 is 1.07 bits per heavy atom. The van der Waals surface area contributed by atoms with Gasteiger partial charge in [0.1, 0.15) is 18.1 Å². The standard InChI is InChI=1S/C21H28N2O2.2ClH/c1-2-6-20(23-13-11-22-12-14-23)19-10-9-18(15-21(19)24)25-16-17-7-4-3-5-8-17;;/h3-5,7-10,15,20,22,24H,2,6,11-14,16H2,1H3;2*1H/t20-;;/m0../s1. The number of phenolic OH excluding ortho intramolecular Hbond substituents is 1. The first-order valence-electron chi connectivity index (χ1n) is 9.22. The van der Waals surface area contributed by atoms with E-state index in [0.29, 0.717) is 18.1 Å². The lowest BCUT2D eigenvalue weighted by molar-refractivity contribution is 0.162. The number of aromatic hydroxyl groups is 1. The van der Waals surface area contributed by atoms with Crippen molar-refractivity contribution < 1.29 is 9.84 Å². The van der Waals surface area contributed by atoms with Gasteiger partial charge in [0.2, 0.25) is 0 Å². The highest BCUT2D eigenvalue weighted by molar-refractivity contribution is 5.85. The monoisotopic (exact) mass is 412 g/mol. The van der Waals surface area contributed by atoms with E-state index in [9.17, 15) is 5.11 Å². The molecule has 0 unspecified atom stereocenters. The highest BCUT2D eigenvalue weighted by Gasteiger charge is 2.23. The molecule has 1 aliphatic heterocycles. The number of nitrogens with one attached hydrogen (secondary N) is 1. The van der Waals surface area contributed by atoms with Gasteiger partial charge in [-0.1, -0.05) is 49.7 Å². The molecule has 0 saturated carbocycles. The quantitative estimate of drug-likeness (QED) is 0.699. The first-order valence-corrected chi connectivity index (χ1v) is 9.22. The molecule has 1 heterocycles. The average molecular weight is 413 g/mol. The lowest BCUT2D eigenvalue weighted by Gasteiger charge is -2.35. The van der Waals surface area contributed by atoms with Crippen LogP contribution >= 0.6 is 24.8 Å². The number of phenols is 1. The second-order valence-electron chi connectivity index (χ2n) is 6.59. The van der Waals surface area contributed by atoms with Gasteiger partial charge in [0.15, 0.2) is 0 Å². The van der Waals surface area contributed by atoms with Crippen LogP contribution in [0, 0.1) is 0 Å². The zero-order chi connectivity index (χ0) is 17.5. The predicted octanol–water partition coefficient (Wildman–Crippen LogP) is 4.56. The number of benzene rings is 2. The van der Waals surface area contributed by atoms with Gasteiger partial charge >= 0.3 is 0 Å². The summed E-state index contributed by atoms with van der Waals surface area (Å²) in [5.41, 5.74) is 2.13. The van der Waals surface area contributed by atoms with Crippen molar-refractivity contribution in [1.82, 2.24) is 10.2 Å². The zero-order valence-electron chi connectivity index (χ0n) is 15.8. The van der Waals surface area contributed by atoms with Gasteiger partial charge in [-0.05, 0) is 18.1 Å². The maximum Gasteiger partial charge on any atom is 0.124 e. The first-order chi connectivity index (χ1) is 12.3. The van der Waals surface area contributed by atoms with Gasteiger partial charge in [-0.3, -0.25) is 4.90 Å². The summed E-state index contributed by atoms with van der Waals surface area (Å²) in [5, 5.41) is 14.0. The molecule has 0 spiro atoms. The molecule has 1 atom stereocenters. The molecule has 2 aromatic rings. The summed E-state index contributed by atoms with van der Waals surface area (Å²) in [7, 11) is 0. The normalized spacial score (nSPS) is 15.3. The van der Waals surface area contributed by atoms with Gasteiger partial charge in [0.05, 0.1) is 0 Å². The Kier molecular flexibility index (Phi) is 10.6. The van der Waals surface area contributed by atoms with E-state index in [1.54, 1.807) is 6.07 Å². The Labute approximate surface area is 174 Å². The topological polar surface area (TPSA) is 44.7 Å².